The Kier molecular flexibility index (Phi) is 4.42. The molecule has 4 heterocycles. The Morgan fingerprint density at radius 3 is 2.96 bits per heavy atom. The van der Waals surface area contributed by atoms with Crippen molar-refractivity contribution in [3.8, 4) is 0 Å². The molecule has 1 fully saturated rings. The number of fused-ring (bicyclic) bond motifs is 1. The molecule has 8 heteroatoms. The number of imidazole rings is 1. The summed E-state index contributed by atoms with van der Waals surface area (Å²) in [7, 11) is 1.94. The van der Waals surface area contributed by atoms with Crippen LogP contribution in [0, 0.1) is 0 Å². The highest BCUT2D eigenvalue weighted by atomic mass is 32.1. The lowest BCUT2D eigenvalue weighted by molar-refractivity contribution is 0.0188. The molecule has 1 aliphatic heterocycles. The van der Waals surface area contributed by atoms with E-state index in [2.05, 4.69) is 42.0 Å². The number of anilines is 1. The van der Waals surface area contributed by atoms with Crippen LogP contribution in [0.25, 0.3) is 11.2 Å². The summed E-state index contributed by atoms with van der Waals surface area (Å²) in [5, 5.41) is 7.83. The first kappa shape index (κ1) is 15.5. The maximum absolute atomic E-state index is 5.50. The fraction of sp³-hybridized carbons (Fsp3) is 0.438. The van der Waals surface area contributed by atoms with E-state index in [0.717, 1.165) is 49.8 Å². The highest BCUT2D eigenvalue weighted by Crippen LogP contribution is 2.25. The summed E-state index contributed by atoms with van der Waals surface area (Å²) in [5.74, 6) is 0.786. The molecule has 3 aromatic heterocycles. The van der Waals surface area contributed by atoms with Crippen molar-refractivity contribution >= 4 is 28.3 Å². The zero-order valence-electron chi connectivity index (χ0n) is 13.6. The van der Waals surface area contributed by atoms with Gasteiger partial charge in [0.05, 0.1) is 25.6 Å². The molecule has 7 nitrogen and oxygen atoms in total. The predicted molar refractivity (Wildman–Crippen MR) is 94.2 cm³/mol. The van der Waals surface area contributed by atoms with Crippen LogP contribution < -0.4 is 5.32 Å². The molecule has 1 aliphatic rings. The summed E-state index contributed by atoms with van der Waals surface area (Å²) in [6, 6.07) is 2.50. The lowest BCUT2D eigenvalue weighted by Crippen LogP contribution is -2.41. The fourth-order valence-corrected chi connectivity index (χ4v) is 3.79. The van der Waals surface area contributed by atoms with Gasteiger partial charge in [-0.2, -0.15) is 11.3 Å². The summed E-state index contributed by atoms with van der Waals surface area (Å²) in [6.07, 6.45) is 3.35. The zero-order chi connectivity index (χ0) is 16.4. The van der Waals surface area contributed by atoms with E-state index in [-0.39, 0.29) is 0 Å². The molecule has 0 saturated carbocycles. The fourth-order valence-electron chi connectivity index (χ4n) is 3.08. The van der Waals surface area contributed by atoms with Crippen molar-refractivity contribution in [3.63, 3.8) is 0 Å². The molecule has 3 aromatic rings. The smallest absolute Gasteiger partial charge is 0.165 e. The van der Waals surface area contributed by atoms with Crippen LogP contribution in [0.2, 0.25) is 0 Å². The SMILES string of the molecule is Cn1cnc2c(NCC(c3ccsc3)N3CCOCC3)ncnc21. The Hall–Kier alpha value is -2.03. The molecule has 126 valence electrons. The van der Waals surface area contributed by atoms with Gasteiger partial charge in [0, 0.05) is 26.7 Å². The lowest BCUT2D eigenvalue weighted by Gasteiger charge is -2.34. The standard InChI is InChI=1S/C16H20N6OS/c1-21-11-20-14-15(18-10-19-16(14)21)17-8-13(12-2-7-24-9-12)22-3-5-23-6-4-22/h2,7,9-11,13H,3-6,8H2,1H3,(H,17,18,19). The van der Waals surface area contributed by atoms with Crippen LogP contribution in [0.3, 0.4) is 0 Å². The van der Waals surface area contributed by atoms with Crippen LogP contribution in [0.4, 0.5) is 5.82 Å². The average molecular weight is 344 g/mol. The highest BCUT2D eigenvalue weighted by Gasteiger charge is 2.23. The third-order valence-electron chi connectivity index (χ3n) is 4.37. The van der Waals surface area contributed by atoms with Crippen molar-refractivity contribution in [2.75, 3.05) is 38.2 Å². The van der Waals surface area contributed by atoms with E-state index in [9.17, 15) is 0 Å². The number of thiophene rings is 1. The van der Waals surface area contributed by atoms with Crippen LogP contribution in [-0.4, -0.2) is 57.3 Å². The molecule has 4 rings (SSSR count). The molecule has 0 aromatic carbocycles. The molecular formula is C16H20N6OS. The number of aromatic nitrogens is 4. The van der Waals surface area contributed by atoms with Crippen LogP contribution in [0.15, 0.2) is 29.5 Å². The number of ether oxygens (including phenoxy) is 1. The molecule has 0 aliphatic carbocycles. The van der Waals surface area contributed by atoms with Crippen LogP contribution in [0.1, 0.15) is 11.6 Å². The van der Waals surface area contributed by atoms with Crippen molar-refractivity contribution in [1.82, 2.24) is 24.4 Å². The van der Waals surface area contributed by atoms with Crippen molar-refractivity contribution in [2.45, 2.75) is 6.04 Å². The molecule has 0 bridgehead atoms. The van der Waals surface area contributed by atoms with Gasteiger partial charge in [0.15, 0.2) is 11.5 Å². The zero-order valence-corrected chi connectivity index (χ0v) is 14.4. The van der Waals surface area contributed by atoms with E-state index in [1.807, 2.05) is 11.6 Å². The summed E-state index contributed by atoms with van der Waals surface area (Å²) < 4.78 is 7.40. The van der Waals surface area contributed by atoms with Gasteiger partial charge in [-0.15, -0.1) is 0 Å². The number of hydrogen-bond acceptors (Lipinski definition) is 7. The molecule has 0 radical (unpaired) electrons. The van der Waals surface area contributed by atoms with Crippen molar-refractivity contribution < 1.29 is 4.74 Å². The normalized spacial score (nSPS) is 17.2. The summed E-state index contributed by atoms with van der Waals surface area (Å²) >= 11 is 1.73. The summed E-state index contributed by atoms with van der Waals surface area (Å²) in [4.78, 5) is 15.6. The van der Waals surface area contributed by atoms with E-state index >= 15 is 0 Å². The molecule has 24 heavy (non-hydrogen) atoms. The van der Waals surface area contributed by atoms with Gasteiger partial charge in [-0.3, -0.25) is 4.90 Å². The number of hydrogen-bond donors (Lipinski definition) is 1. The third-order valence-corrected chi connectivity index (χ3v) is 5.08. The number of aryl methyl sites for hydroxylation is 1. The Morgan fingerprint density at radius 1 is 1.29 bits per heavy atom. The first-order chi connectivity index (χ1) is 11.8. The Labute approximate surface area is 144 Å². The predicted octanol–water partition coefficient (Wildman–Crippen LogP) is 1.91. The van der Waals surface area contributed by atoms with Crippen LogP contribution in [-0.2, 0) is 11.8 Å². The number of nitrogens with zero attached hydrogens (tertiary/aromatic N) is 5. The first-order valence-corrected chi connectivity index (χ1v) is 8.97. The van der Waals surface area contributed by atoms with E-state index < -0.39 is 0 Å². The maximum atomic E-state index is 5.50. The Bertz CT molecular complexity index is 796. The maximum Gasteiger partial charge on any atom is 0.165 e. The van der Waals surface area contributed by atoms with Crippen LogP contribution >= 0.6 is 11.3 Å². The quantitative estimate of drug-likeness (QED) is 0.763. The Balaban J connectivity index is 1.56. The van der Waals surface area contributed by atoms with Crippen LogP contribution in [0.5, 0.6) is 0 Å². The third kappa shape index (κ3) is 3.00. The molecule has 1 atom stereocenters. The molecule has 1 saturated heterocycles. The second-order valence-corrected chi connectivity index (χ2v) is 6.63. The minimum atomic E-state index is 0.300. The van der Waals surface area contributed by atoms with Gasteiger partial charge in [0.1, 0.15) is 11.8 Å². The largest absolute Gasteiger partial charge is 0.379 e. The van der Waals surface area contributed by atoms with Gasteiger partial charge in [-0.1, -0.05) is 0 Å². The minimum absolute atomic E-state index is 0.300. The van der Waals surface area contributed by atoms with Gasteiger partial charge in [-0.25, -0.2) is 15.0 Å². The van der Waals surface area contributed by atoms with Crippen molar-refractivity contribution in [3.05, 3.63) is 35.0 Å². The van der Waals surface area contributed by atoms with Crippen molar-refractivity contribution in [1.29, 1.82) is 0 Å². The van der Waals surface area contributed by atoms with Crippen molar-refractivity contribution in [2.24, 2.45) is 7.05 Å². The minimum Gasteiger partial charge on any atom is -0.379 e. The summed E-state index contributed by atoms with van der Waals surface area (Å²) in [5.41, 5.74) is 2.98. The van der Waals surface area contributed by atoms with E-state index in [4.69, 9.17) is 4.74 Å². The number of nitrogens with one attached hydrogen (secondary N) is 1. The molecule has 1 unspecified atom stereocenters. The molecular weight excluding hydrogens is 324 g/mol. The Morgan fingerprint density at radius 2 is 2.17 bits per heavy atom. The number of rotatable bonds is 5. The van der Waals surface area contributed by atoms with E-state index in [1.165, 1.54) is 5.56 Å². The molecule has 1 N–H and O–H groups in total. The van der Waals surface area contributed by atoms with E-state index in [0.29, 0.717) is 6.04 Å². The van der Waals surface area contributed by atoms with Gasteiger partial charge in [0.2, 0.25) is 0 Å². The van der Waals surface area contributed by atoms with Gasteiger partial charge in [0.25, 0.3) is 0 Å². The monoisotopic (exact) mass is 344 g/mol. The van der Waals surface area contributed by atoms with Gasteiger partial charge in [-0.05, 0) is 22.4 Å². The highest BCUT2D eigenvalue weighted by molar-refractivity contribution is 7.07. The number of morpholine rings is 1. The van der Waals surface area contributed by atoms with E-state index in [1.54, 1.807) is 24.0 Å². The van der Waals surface area contributed by atoms with Gasteiger partial charge < -0.3 is 14.6 Å². The first-order valence-electron chi connectivity index (χ1n) is 8.03. The molecule has 0 spiro atoms. The molecule has 0 amide bonds. The topological polar surface area (TPSA) is 68.1 Å². The summed E-state index contributed by atoms with van der Waals surface area (Å²) in [6.45, 7) is 4.26. The second-order valence-electron chi connectivity index (χ2n) is 5.85. The average Bonchev–Trinajstić information content (AvgIpc) is 3.27. The second kappa shape index (κ2) is 6.84. The lowest BCUT2D eigenvalue weighted by atomic mass is 10.1. The van der Waals surface area contributed by atoms with Gasteiger partial charge >= 0.3 is 0 Å².